The Balaban J connectivity index is 4.60. The van der Waals surface area contributed by atoms with Gasteiger partial charge in [0.15, 0.2) is 0 Å². The highest BCUT2D eigenvalue weighted by Crippen LogP contribution is 2.17. The van der Waals surface area contributed by atoms with Gasteiger partial charge in [-0.05, 0) is 64.2 Å². The van der Waals surface area contributed by atoms with Gasteiger partial charge in [-0.1, -0.05) is 180 Å². The summed E-state index contributed by atoms with van der Waals surface area (Å²) < 4.78 is 5.86. The number of nitrogens with one attached hydrogen (secondary N) is 1. The van der Waals surface area contributed by atoms with Gasteiger partial charge in [-0.2, -0.15) is 0 Å². The summed E-state index contributed by atoms with van der Waals surface area (Å²) >= 11 is 0. The quantitative estimate of drug-likeness (QED) is 0.0331. The Morgan fingerprint density at radius 1 is 0.538 bits per heavy atom. The van der Waals surface area contributed by atoms with Gasteiger partial charge in [0.05, 0.1) is 25.2 Å². The number of amides is 1. The molecule has 0 aromatic heterocycles. The summed E-state index contributed by atoms with van der Waals surface area (Å²) in [6.45, 7) is 6.39. The van der Waals surface area contributed by atoms with E-state index in [1.54, 1.807) is 0 Å². The molecule has 0 aliphatic carbocycles. The molecule has 0 rings (SSSR count). The molecule has 0 aromatic carbocycles. The van der Waals surface area contributed by atoms with Gasteiger partial charge in [-0.15, -0.1) is 0 Å². The lowest BCUT2D eigenvalue weighted by Crippen LogP contribution is -2.46. The Labute approximate surface area is 322 Å². The van der Waals surface area contributed by atoms with Gasteiger partial charge in [-0.25, -0.2) is 0 Å². The molecule has 6 heteroatoms. The molecule has 0 aliphatic heterocycles. The predicted octanol–water partition coefficient (Wildman–Crippen LogP) is 12.8. The third kappa shape index (κ3) is 35.4. The topological polar surface area (TPSA) is 95.9 Å². The fourth-order valence-corrected chi connectivity index (χ4v) is 6.78. The molecule has 0 fully saturated rings. The van der Waals surface area contributed by atoms with E-state index in [4.69, 9.17) is 4.74 Å². The lowest BCUT2D eigenvalue weighted by molar-refractivity contribution is -0.151. The molecule has 0 aromatic rings. The summed E-state index contributed by atoms with van der Waals surface area (Å²) in [6, 6.07) is -0.705. The molecule has 0 bridgehead atoms. The van der Waals surface area contributed by atoms with Crippen LogP contribution in [0.4, 0.5) is 0 Å². The van der Waals surface area contributed by atoms with Crippen LogP contribution in [0, 0.1) is 0 Å². The van der Waals surface area contributed by atoms with Crippen molar-refractivity contribution in [2.45, 2.75) is 251 Å². The van der Waals surface area contributed by atoms with Crippen LogP contribution in [0.2, 0.25) is 0 Å². The molecule has 3 unspecified atom stereocenters. The second-order valence-electron chi connectivity index (χ2n) is 15.4. The molecule has 6 nitrogen and oxygen atoms in total. The van der Waals surface area contributed by atoms with E-state index in [2.05, 4.69) is 50.4 Å². The van der Waals surface area contributed by atoms with Gasteiger partial charge in [0.25, 0.3) is 0 Å². The van der Waals surface area contributed by atoms with E-state index < -0.39 is 18.2 Å². The Morgan fingerprint density at radius 2 is 0.981 bits per heavy atom. The Hall–Kier alpha value is -1.66. The standard InChI is InChI=1S/C46H87NO5/c1-4-7-10-13-16-19-22-24-26-29-32-35-38-44(49)43(41-48)47-45(50)40-42(37-34-31-28-25-23-20-17-14-11-8-5-2)52-46(51)39-36-33-30-27-21-18-15-12-9-6-3/h12,15,25,28,42-44,48-49H,4-11,13-14,16-24,26-27,29-41H2,1-3H3,(H,47,50)/b15-12-,28-25-. The Morgan fingerprint density at radius 3 is 1.48 bits per heavy atom. The van der Waals surface area contributed by atoms with Crippen molar-refractivity contribution >= 4 is 11.9 Å². The smallest absolute Gasteiger partial charge is 0.306 e. The number of aliphatic hydroxyl groups is 2. The number of ether oxygens (including phenoxy) is 1. The molecule has 3 N–H and O–H groups in total. The highest BCUT2D eigenvalue weighted by atomic mass is 16.5. The van der Waals surface area contributed by atoms with Crippen molar-refractivity contribution in [3.8, 4) is 0 Å². The third-order valence-corrected chi connectivity index (χ3v) is 10.2. The maximum absolute atomic E-state index is 13.1. The van der Waals surface area contributed by atoms with Crippen LogP contribution >= 0.6 is 0 Å². The molecule has 0 saturated heterocycles. The Bertz CT molecular complexity index is 828. The fourth-order valence-electron chi connectivity index (χ4n) is 6.78. The van der Waals surface area contributed by atoms with Crippen LogP contribution < -0.4 is 5.32 Å². The number of carbonyl (C=O) groups is 2. The van der Waals surface area contributed by atoms with Gasteiger partial charge in [0, 0.05) is 6.42 Å². The molecular weight excluding hydrogens is 647 g/mol. The van der Waals surface area contributed by atoms with Crippen LogP contribution in [0.25, 0.3) is 0 Å². The van der Waals surface area contributed by atoms with E-state index in [1.807, 2.05) is 0 Å². The van der Waals surface area contributed by atoms with Gasteiger partial charge in [0.2, 0.25) is 5.91 Å². The number of rotatable bonds is 40. The van der Waals surface area contributed by atoms with Gasteiger partial charge in [0.1, 0.15) is 6.10 Å². The molecule has 0 radical (unpaired) electrons. The fraction of sp³-hybridized carbons (Fsp3) is 0.870. The molecule has 306 valence electrons. The molecule has 52 heavy (non-hydrogen) atoms. The summed E-state index contributed by atoms with van der Waals surface area (Å²) in [7, 11) is 0. The molecule has 1 amide bonds. The van der Waals surface area contributed by atoms with E-state index in [9.17, 15) is 19.8 Å². The summed E-state index contributed by atoms with van der Waals surface area (Å²) in [5.41, 5.74) is 0. The van der Waals surface area contributed by atoms with E-state index >= 15 is 0 Å². The first-order chi connectivity index (χ1) is 25.5. The average Bonchev–Trinajstić information content (AvgIpc) is 3.13. The zero-order chi connectivity index (χ0) is 38.2. The van der Waals surface area contributed by atoms with Crippen molar-refractivity contribution in [2.75, 3.05) is 6.61 Å². The molecule has 0 saturated carbocycles. The maximum atomic E-state index is 13.1. The summed E-state index contributed by atoms with van der Waals surface area (Å²) in [6.07, 6.45) is 43.8. The number of unbranched alkanes of at least 4 members (excludes halogenated alkanes) is 24. The van der Waals surface area contributed by atoms with E-state index in [0.29, 0.717) is 19.3 Å². The monoisotopic (exact) mass is 734 g/mol. The highest BCUT2D eigenvalue weighted by molar-refractivity contribution is 5.77. The first-order valence-corrected chi connectivity index (χ1v) is 22.6. The van der Waals surface area contributed by atoms with E-state index in [0.717, 1.165) is 70.6 Å². The van der Waals surface area contributed by atoms with Gasteiger partial charge < -0.3 is 20.3 Å². The summed E-state index contributed by atoms with van der Waals surface area (Å²) in [5.74, 6) is -0.512. The van der Waals surface area contributed by atoms with Crippen molar-refractivity contribution in [2.24, 2.45) is 0 Å². The molecular formula is C46H87NO5. The van der Waals surface area contributed by atoms with Crippen molar-refractivity contribution in [3.63, 3.8) is 0 Å². The van der Waals surface area contributed by atoms with E-state index in [-0.39, 0.29) is 24.9 Å². The number of aliphatic hydroxyl groups excluding tert-OH is 2. The lowest BCUT2D eigenvalue weighted by atomic mass is 10.0. The number of hydrogen-bond donors (Lipinski definition) is 3. The number of hydrogen-bond acceptors (Lipinski definition) is 5. The first kappa shape index (κ1) is 50.3. The van der Waals surface area contributed by atoms with Crippen LogP contribution in [0.5, 0.6) is 0 Å². The summed E-state index contributed by atoms with van der Waals surface area (Å²) in [5, 5.41) is 23.6. The molecule has 0 spiro atoms. The Kier molecular flexibility index (Phi) is 39.2. The van der Waals surface area contributed by atoms with Gasteiger partial charge >= 0.3 is 5.97 Å². The molecule has 0 heterocycles. The van der Waals surface area contributed by atoms with Crippen LogP contribution in [-0.4, -0.2) is 46.9 Å². The number of carbonyl (C=O) groups excluding carboxylic acids is 2. The van der Waals surface area contributed by atoms with Crippen molar-refractivity contribution in [1.29, 1.82) is 0 Å². The SMILES string of the molecule is CCC/C=C\CCCCCCCC(=O)OC(CCC/C=C\CCCCCCCC)CC(=O)NC(CO)C(O)CCCCCCCCCCCCCC. The zero-order valence-corrected chi connectivity index (χ0v) is 34.7. The minimum Gasteiger partial charge on any atom is -0.462 e. The minimum atomic E-state index is -0.790. The van der Waals surface area contributed by atoms with Gasteiger partial charge in [-0.3, -0.25) is 9.59 Å². The van der Waals surface area contributed by atoms with Crippen molar-refractivity contribution in [3.05, 3.63) is 24.3 Å². The van der Waals surface area contributed by atoms with Crippen molar-refractivity contribution < 1.29 is 24.5 Å². The second-order valence-corrected chi connectivity index (χ2v) is 15.4. The van der Waals surface area contributed by atoms with Crippen molar-refractivity contribution in [1.82, 2.24) is 5.32 Å². The van der Waals surface area contributed by atoms with Crippen LogP contribution in [0.1, 0.15) is 233 Å². The van der Waals surface area contributed by atoms with Crippen LogP contribution in [-0.2, 0) is 14.3 Å². The van der Waals surface area contributed by atoms with Crippen LogP contribution in [0.3, 0.4) is 0 Å². The average molecular weight is 734 g/mol. The maximum Gasteiger partial charge on any atom is 0.306 e. The zero-order valence-electron chi connectivity index (χ0n) is 34.7. The second kappa shape index (κ2) is 40.5. The van der Waals surface area contributed by atoms with E-state index in [1.165, 1.54) is 116 Å². The number of esters is 1. The predicted molar refractivity (Wildman–Crippen MR) is 223 cm³/mol. The third-order valence-electron chi connectivity index (χ3n) is 10.2. The minimum absolute atomic E-state index is 0.0561. The number of allylic oxidation sites excluding steroid dienone is 4. The first-order valence-electron chi connectivity index (χ1n) is 22.6. The summed E-state index contributed by atoms with van der Waals surface area (Å²) in [4.78, 5) is 25.9. The van der Waals surface area contributed by atoms with Crippen LogP contribution in [0.15, 0.2) is 24.3 Å². The normalized spacial score (nSPS) is 13.6. The largest absolute Gasteiger partial charge is 0.462 e. The highest BCUT2D eigenvalue weighted by Gasteiger charge is 2.24. The lowest BCUT2D eigenvalue weighted by Gasteiger charge is -2.24. The molecule has 0 aliphatic rings. The molecule has 3 atom stereocenters.